The van der Waals surface area contributed by atoms with Crippen LogP contribution in [0.3, 0.4) is 0 Å². The second-order valence-electron chi connectivity index (χ2n) is 15.0. The van der Waals surface area contributed by atoms with E-state index in [2.05, 4.69) is 43.9 Å². The van der Waals surface area contributed by atoms with Gasteiger partial charge in [-0.25, -0.2) is 0 Å². The number of anilines is 2. The van der Waals surface area contributed by atoms with Crippen molar-refractivity contribution in [1.82, 2.24) is 25.0 Å². The average molecular weight is 758 g/mol. The number of nitrogens with one attached hydrogen (secondary N) is 3. The van der Waals surface area contributed by atoms with E-state index in [1.807, 2.05) is 47.5 Å². The zero-order valence-electron chi connectivity index (χ0n) is 32.0. The highest BCUT2D eigenvalue weighted by Crippen LogP contribution is 2.38. The van der Waals surface area contributed by atoms with Crippen LogP contribution in [0.1, 0.15) is 47.9 Å². The first-order chi connectivity index (χ1) is 27.2. The standard InChI is InChI=1S/C43H47N7O6/c1-48-25-35(34-23-44-47-40(34)43(48)54)30-21-37(55-2)33(38(22-30)56-3)11-5-26-4-6-29-24-50(19-16-28(29)20-26)42(53)27-14-17-49(18-15-27)32-9-7-31(8-10-32)45-36-12-13-39(51)46-41(36)52/h4,6-10,20-23,25,27,36,45H,5,11-19,24H2,1-3H3,(H,44,47)(H,46,51,52). The minimum Gasteiger partial charge on any atom is -0.496 e. The molecule has 0 saturated carbocycles. The molecule has 5 aromatic rings. The third-order valence-electron chi connectivity index (χ3n) is 11.6. The van der Waals surface area contributed by atoms with Gasteiger partial charge in [0.1, 0.15) is 23.1 Å². The number of methoxy groups -OCH3 is 2. The predicted molar refractivity (Wildman–Crippen MR) is 214 cm³/mol. The van der Waals surface area contributed by atoms with Gasteiger partial charge >= 0.3 is 0 Å². The van der Waals surface area contributed by atoms with Gasteiger partial charge in [0.05, 0.1) is 20.4 Å². The molecule has 0 spiro atoms. The van der Waals surface area contributed by atoms with Gasteiger partial charge in [-0.1, -0.05) is 18.2 Å². The van der Waals surface area contributed by atoms with Crippen LogP contribution in [0.2, 0.25) is 0 Å². The molecular weight excluding hydrogens is 711 g/mol. The number of amides is 3. The molecular formula is C43H47N7O6. The Kier molecular flexibility index (Phi) is 10.2. The van der Waals surface area contributed by atoms with Crippen molar-refractivity contribution in [2.45, 2.75) is 57.5 Å². The summed E-state index contributed by atoms with van der Waals surface area (Å²) in [6.07, 6.45) is 8.27. The Morgan fingerprint density at radius 3 is 2.36 bits per heavy atom. The first-order valence-corrected chi connectivity index (χ1v) is 19.3. The summed E-state index contributed by atoms with van der Waals surface area (Å²) in [4.78, 5) is 54.3. The van der Waals surface area contributed by atoms with Crippen LogP contribution in [0, 0.1) is 5.92 Å². The Morgan fingerprint density at radius 2 is 1.64 bits per heavy atom. The van der Waals surface area contributed by atoms with E-state index in [1.54, 1.807) is 32.0 Å². The number of aromatic amines is 1. The molecule has 0 bridgehead atoms. The monoisotopic (exact) mass is 757 g/mol. The summed E-state index contributed by atoms with van der Waals surface area (Å²) in [5.74, 6) is 1.20. The van der Waals surface area contributed by atoms with Gasteiger partial charge in [0.2, 0.25) is 17.7 Å². The van der Waals surface area contributed by atoms with E-state index in [4.69, 9.17) is 9.47 Å². The smallest absolute Gasteiger partial charge is 0.276 e. The fraction of sp³-hybridized carbons (Fsp3) is 0.372. The first kappa shape index (κ1) is 36.8. The molecule has 1 atom stereocenters. The molecule has 2 fully saturated rings. The number of nitrogens with zero attached hydrogens (tertiary/aromatic N) is 4. The van der Waals surface area contributed by atoms with E-state index in [-0.39, 0.29) is 29.2 Å². The second kappa shape index (κ2) is 15.6. The normalized spacial score (nSPS) is 17.4. The highest BCUT2D eigenvalue weighted by molar-refractivity contribution is 6.01. The quantitative estimate of drug-likeness (QED) is 0.172. The molecule has 3 amide bonds. The number of fused-ring (bicyclic) bond motifs is 2. The van der Waals surface area contributed by atoms with Crippen molar-refractivity contribution in [1.29, 1.82) is 0 Å². The van der Waals surface area contributed by atoms with Crippen molar-refractivity contribution in [3.05, 3.63) is 99.6 Å². The maximum absolute atomic E-state index is 13.7. The van der Waals surface area contributed by atoms with Crippen LogP contribution < -0.4 is 30.6 Å². The molecule has 3 N–H and O–H groups in total. The third kappa shape index (κ3) is 7.33. The molecule has 3 aromatic carbocycles. The Morgan fingerprint density at radius 1 is 0.893 bits per heavy atom. The molecule has 56 heavy (non-hydrogen) atoms. The predicted octanol–water partition coefficient (Wildman–Crippen LogP) is 4.75. The molecule has 3 aliphatic rings. The Bertz CT molecular complexity index is 2330. The lowest BCUT2D eigenvalue weighted by Gasteiger charge is -2.37. The SMILES string of the molecule is COc1cc(-c2cn(C)c(=O)c3[nH]ncc23)cc(OC)c1CCc1ccc2c(c1)CCN(C(=O)C1CCN(c3ccc(NC4CCC(=O)NC4=O)cc3)CC1)C2. The fourth-order valence-corrected chi connectivity index (χ4v) is 8.43. The average Bonchev–Trinajstić information content (AvgIpc) is 3.72. The summed E-state index contributed by atoms with van der Waals surface area (Å²) >= 11 is 0. The van der Waals surface area contributed by atoms with Crippen molar-refractivity contribution in [3.8, 4) is 22.6 Å². The number of aromatic nitrogens is 3. The summed E-state index contributed by atoms with van der Waals surface area (Å²) in [5, 5.41) is 13.3. The fourth-order valence-electron chi connectivity index (χ4n) is 8.43. The number of benzene rings is 3. The summed E-state index contributed by atoms with van der Waals surface area (Å²) in [7, 11) is 5.05. The summed E-state index contributed by atoms with van der Waals surface area (Å²) in [5.41, 5.74) is 8.69. The molecule has 290 valence electrons. The molecule has 0 aliphatic carbocycles. The molecule has 8 rings (SSSR count). The minimum absolute atomic E-state index is 0.0106. The number of hydrogen-bond acceptors (Lipinski definition) is 9. The van der Waals surface area contributed by atoms with Crippen molar-refractivity contribution >= 4 is 40.0 Å². The molecule has 2 aromatic heterocycles. The number of aryl methyl sites for hydroxylation is 2. The van der Waals surface area contributed by atoms with Gasteiger partial charge in [-0.3, -0.25) is 29.6 Å². The number of pyridine rings is 1. The number of rotatable bonds is 10. The third-order valence-corrected chi connectivity index (χ3v) is 11.6. The van der Waals surface area contributed by atoms with Crippen LogP contribution >= 0.6 is 0 Å². The van der Waals surface area contributed by atoms with E-state index in [1.165, 1.54) is 16.7 Å². The number of carbonyl (C=O) groups is 3. The lowest BCUT2D eigenvalue weighted by molar-refractivity contribution is -0.137. The van der Waals surface area contributed by atoms with Gasteiger partial charge < -0.3 is 29.2 Å². The van der Waals surface area contributed by atoms with Crippen LogP contribution in [0.25, 0.3) is 22.0 Å². The van der Waals surface area contributed by atoms with Crippen molar-refractivity contribution in [2.75, 3.05) is 44.1 Å². The number of carbonyl (C=O) groups excluding carboxylic acids is 3. The number of hydrogen-bond donors (Lipinski definition) is 3. The molecule has 1 unspecified atom stereocenters. The van der Waals surface area contributed by atoms with Gasteiger partial charge in [-0.15, -0.1) is 0 Å². The van der Waals surface area contributed by atoms with E-state index in [0.29, 0.717) is 31.3 Å². The van der Waals surface area contributed by atoms with Crippen LogP contribution in [-0.2, 0) is 47.2 Å². The van der Waals surface area contributed by atoms with Crippen LogP contribution in [-0.4, -0.2) is 77.3 Å². The van der Waals surface area contributed by atoms with Crippen LogP contribution in [0.15, 0.2) is 71.8 Å². The summed E-state index contributed by atoms with van der Waals surface area (Å²) < 4.78 is 13.3. The van der Waals surface area contributed by atoms with Crippen molar-refractivity contribution in [3.63, 3.8) is 0 Å². The Hall–Kier alpha value is -6.11. The van der Waals surface area contributed by atoms with E-state index in [9.17, 15) is 19.2 Å². The van der Waals surface area contributed by atoms with E-state index < -0.39 is 6.04 Å². The zero-order chi connectivity index (χ0) is 38.9. The first-order valence-electron chi connectivity index (χ1n) is 19.3. The number of imide groups is 1. The number of piperidine rings is 2. The maximum Gasteiger partial charge on any atom is 0.276 e. The molecule has 0 radical (unpaired) electrons. The maximum atomic E-state index is 13.7. The van der Waals surface area contributed by atoms with Gasteiger partial charge in [-0.05, 0) is 97.2 Å². The van der Waals surface area contributed by atoms with Crippen LogP contribution in [0.4, 0.5) is 11.4 Å². The lowest BCUT2D eigenvalue weighted by atomic mass is 9.91. The largest absolute Gasteiger partial charge is 0.496 e. The molecule has 5 heterocycles. The highest BCUT2D eigenvalue weighted by Gasteiger charge is 2.31. The van der Waals surface area contributed by atoms with Gasteiger partial charge in [-0.2, -0.15) is 5.10 Å². The molecule has 3 aliphatic heterocycles. The topological polar surface area (TPSA) is 151 Å². The highest BCUT2D eigenvalue weighted by atomic mass is 16.5. The molecule has 13 nitrogen and oxygen atoms in total. The Labute approximate surface area is 325 Å². The van der Waals surface area contributed by atoms with Gasteiger partial charge in [0.25, 0.3) is 5.56 Å². The zero-order valence-corrected chi connectivity index (χ0v) is 32.0. The molecule has 2 saturated heterocycles. The number of ether oxygens (including phenoxy) is 2. The van der Waals surface area contributed by atoms with Gasteiger partial charge in [0, 0.05) is 79.7 Å². The van der Waals surface area contributed by atoms with E-state index >= 15 is 0 Å². The van der Waals surface area contributed by atoms with Crippen molar-refractivity contribution in [2.24, 2.45) is 13.0 Å². The lowest BCUT2D eigenvalue weighted by Crippen LogP contribution is -2.47. The number of H-pyrrole nitrogens is 1. The van der Waals surface area contributed by atoms with Crippen LogP contribution in [0.5, 0.6) is 11.5 Å². The van der Waals surface area contributed by atoms with E-state index in [0.717, 1.165) is 90.3 Å². The molecule has 13 heteroatoms. The summed E-state index contributed by atoms with van der Waals surface area (Å²) in [6, 6.07) is 18.2. The van der Waals surface area contributed by atoms with Crippen molar-refractivity contribution < 1.29 is 23.9 Å². The minimum atomic E-state index is -0.412. The second-order valence-corrected chi connectivity index (χ2v) is 15.0. The summed E-state index contributed by atoms with van der Waals surface area (Å²) in [6.45, 7) is 2.97. The van der Waals surface area contributed by atoms with Gasteiger partial charge in [0.15, 0.2) is 0 Å². The Balaban J connectivity index is 0.865.